The molecule has 1 aromatic carbocycles. The number of para-hydroxylation sites is 1. The molecule has 2 rings (SSSR count). The highest BCUT2D eigenvalue weighted by Crippen LogP contribution is 2.31. The molecule has 0 aliphatic rings. The average molecular weight is 332 g/mol. The lowest BCUT2D eigenvalue weighted by atomic mass is 9.83. The number of rotatable bonds is 6. The molecule has 0 saturated heterocycles. The summed E-state index contributed by atoms with van der Waals surface area (Å²) in [5, 5.41) is 5.98. The summed E-state index contributed by atoms with van der Waals surface area (Å²) in [4.78, 5) is 17.2. The second-order valence-corrected chi connectivity index (χ2v) is 7.27. The largest absolute Gasteiger partial charge is 0.496 e. The van der Waals surface area contributed by atoms with Gasteiger partial charge in [0.25, 0.3) is 0 Å². The SMILES string of the molecule is COc1ccccc1C(C)(C)C(=O)NCc1nc(C(C)C)cs1. The van der Waals surface area contributed by atoms with Gasteiger partial charge in [-0.3, -0.25) is 4.79 Å². The van der Waals surface area contributed by atoms with E-state index in [-0.39, 0.29) is 5.91 Å². The molecule has 0 radical (unpaired) electrons. The number of amides is 1. The summed E-state index contributed by atoms with van der Waals surface area (Å²) in [6.07, 6.45) is 0. The zero-order valence-electron chi connectivity index (χ0n) is 14.3. The molecule has 0 aliphatic carbocycles. The average Bonchev–Trinajstić information content (AvgIpc) is 3.01. The first-order valence-electron chi connectivity index (χ1n) is 7.72. The number of thiazole rings is 1. The second-order valence-electron chi connectivity index (χ2n) is 6.33. The third-order valence-corrected chi connectivity index (χ3v) is 4.78. The normalized spacial score (nSPS) is 11.6. The van der Waals surface area contributed by atoms with Crippen molar-refractivity contribution < 1.29 is 9.53 Å². The van der Waals surface area contributed by atoms with Gasteiger partial charge in [0.05, 0.1) is 24.8 Å². The fourth-order valence-corrected chi connectivity index (χ4v) is 3.23. The fraction of sp³-hybridized carbons (Fsp3) is 0.444. The van der Waals surface area contributed by atoms with Crippen LogP contribution in [0, 0.1) is 0 Å². The number of carbonyl (C=O) groups excluding carboxylic acids is 1. The molecule has 0 unspecified atom stereocenters. The van der Waals surface area contributed by atoms with Gasteiger partial charge in [0.2, 0.25) is 5.91 Å². The maximum absolute atomic E-state index is 12.7. The van der Waals surface area contributed by atoms with Crippen LogP contribution in [0.5, 0.6) is 5.75 Å². The van der Waals surface area contributed by atoms with E-state index in [2.05, 4.69) is 29.5 Å². The zero-order valence-corrected chi connectivity index (χ0v) is 15.2. The van der Waals surface area contributed by atoms with Crippen LogP contribution in [0.15, 0.2) is 29.6 Å². The van der Waals surface area contributed by atoms with Crippen molar-refractivity contribution in [1.82, 2.24) is 10.3 Å². The summed E-state index contributed by atoms with van der Waals surface area (Å²) in [6, 6.07) is 7.63. The van der Waals surface area contributed by atoms with E-state index in [1.165, 1.54) is 0 Å². The highest BCUT2D eigenvalue weighted by atomic mass is 32.1. The standard InChI is InChI=1S/C18H24N2O2S/c1-12(2)14-11-23-16(20-14)10-19-17(21)18(3,4)13-8-6-7-9-15(13)22-5/h6-9,11-12H,10H2,1-5H3,(H,19,21). The quantitative estimate of drug-likeness (QED) is 0.873. The number of ether oxygens (including phenoxy) is 1. The minimum atomic E-state index is -0.676. The first kappa shape index (κ1) is 17.5. The molecule has 1 N–H and O–H groups in total. The first-order chi connectivity index (χ1) is 10.9. The predicted octanol–water partition coefficient (Wildman–Crippen LogP) is 3.87. The molecule has 0 atom stereocenters. The molecule has 5 heteroatoms. The number of carbonyl (C=O) groups is 1. The summed E-state index contributed by atoms with van der Waals surface area (Å²) < 4.78 is 5.38. The number of aromatic nitrogens is 1. The molecular weight excluding hydrogens is 308 g/mol. The van der Waals surface area contributed by atoms with Crippen LogP contribution in [-0.2, 0) is 16.8 Å². The number of nitrogens with zero attached hydrogens (tertiary/aromatic N) is 1. The zero-order chi connectivity index (χ0) is 17.0. The Morgan fingerprint density at radius 2 is 2.04 bits per heavy atom. The molecule has 0 aliphatic heterocycles. The highest BCUT2D eigenvalue weighted by Gasteiger charge is 2.32. The van der Waals surface area contributed by atoms with E-state index < -0.39 is 5.41 Å². The van der Waals surface area contributed by atoms with Gasteiger partial charge in [0.1, 0.15) is 10.8 Å². The summed E-state index contributed by atoms with van der Waals surface area (Å²) >= 11 is 1.58. The molecule has 1 heterocycles. The topological polar surface area (TPSA) is 51.2 Å². The Balaban J connectivity index is 2.09. The lowest BCUT2D eigenvalue weighted by Gasteiger charge is -2.25. The van der Waals surface area contributed by atoms with Gasteiger partial charge in [-0.2, -0.15) is 0 Å². The molecule has 23 heavy (non-hydrogen) atoms. The number of benzene rings is 1. The minimum absolute atomic E-state index is 0.0386. The minimum Gasteiger partial charge on any atom is -0.496 e. The Morgan fingerprint density at radius 1 is 1.35 bits per heavy atom. The Bertz CT molecular complexity index is 677. The molecule has 0 spiro atoms. The first-order valence-corrected chi connectivity index (χ1v) is 8.60. The molecule has 0 bridgehead atoms. The van der Waals surface area contributed by atoms with Gasteiger partial charge >= 0.3 is 0 Å². The van der Waals surface area contributed by atoms with Crippen molar-refractivity contribution in [3.63, 3.8) is 0 Å². The van der Waals surface area contributed by atoms with Crippen LogP contribution in [0.2, 0.25) is 0 Å². The molecule has 2 aromatic rings. The maximum Gasteiger partial charge on any atom is 0.230 e. The smallest absolute Gasteiger partial charge is 0.230 e. The molecular formula is C18H24N2O2S. The van der Waals surface area contributed by atoms with Crippen LogP contribution in [0.4, 0.5) is 0 Å². The number of hydrogen-bond acceptors (Lipinski definition) is 4. The van der Waals surface area contributed by atoms with Gasteiger partial charge in [-0.05, 0) is 25.8 Å². The van der Waals surface area contributed by atoms with Gasteiger partial charge < -0.3 is 10.1 Å². The summed E-state index contributed by atoms with van der Waals surface area (Å²) in [7, 11) is 1.62. The third kappa shape index (κ3) is 3.91. The van der Waals surface area contributed by atoms with Gasteiger partial charge in [-0.25, -0.2) is 4.98 Å². The molecule has 0 fully saturated rings. The van der Waals surface area contributed by atoms with Crippen LogP contribution < -0.4 is 10.1 Å². The molecule has 0 saturated carbocycles. The molecule has 1 amide bonds. The second kappa shape index (κ2) is 7.13. The number of nitrogens with one attached hydrogen (secondary N) is 1. The van der Waals surface area contributed by atoms with Crippen molar-refractivity contribution in [2.45, 2.75) is 45.6 Å². The van der Waals surface area contributed by atoms with E-state index in [4.69, 9.17) is 4.74 Å². The van der Waals surface area contributed by atoms with Gasteiger partial charge in [0.15, 0.2) is 0 Å². The lowest BCUT2D eigenvalue weighted by molar-refractivity contribution is -0.125. The summed E-state index contributed by atoms with van der Waals surface area (Å²) in [5.41, 5.74) is 1.27. The predicted molar refractivity (Wildman–Crippen MR) is 94.1 cm³/mol. The molecule has 124 valence electrons. The van der Waals surface area contributed by atoms with Crippen LogP contribution in [0.1, 0.15) is 49.9 Å². The van der Waals surface area contributed by atoms with Crippen LogP contribution in [0.3, 0.4) is 0 Å². The van der Waals surface area contributed by atoms with E-state index in [9.17, 15) is 4.79 Å². The van der Waals surface area contributed by atoms with Gasteiger partial charge in [-0.15, -0.1) is 11.3 Å². The van der Waals surface area contributed by atoms with Crippen molar-refractivity contribution in [2.24, 2.45) is 0 Å². The van der Waals surface area contributed by atoms with E-state index in [1.807, 2.05) is 38.1 Å². The van der Waals surface area contributed by atoms with E-state index in [1.54, 1.807) is 18.4 Å². The van der Waals surface area contributed by atoms with Crippen LogP contribution in [0.25, 0.3) is 0 Å². The van der Waals surface area contributed by atoms with E-state index >= 15 is 0 Å². The Hall–Kier alpha value is -1.88. The van der Waals surface area contributed by atoms with E-state index in [0.29, 0.717) is 12.5 Å². The van der Waals surface area contributed by atoms with Crippen molar-refractivity contribution >= 4 is 17.2 Å². The fourth-order valence-electron chi connectivity index (χ4n) is 2.33. The van der Waals surface area contributed by atoms with Crippen molar-refractivity contribution in [1.29, 1.82) is 0 Å². The summed E-state index contributed by atoms with van der Waals surface area (Å²) in [6.45, 7) is 8.49. The molecule has 4 nitrogen and oxygen atoms in total. The monoisotopic (exact) mass is 332 g/mol. The van der Waals surface area contributed by atoms with Crippen molar-refractivity contribution in [2.75, 3.05) is 7.11 Å². The van der Waals surface area contributed by atoms with E-state index in [0.717, 1.165) is 22.0 Å². The van der Waals surface area contributed by atoms with Crippen molar-refractivity contribution in [3.05, 3.63) is 45.9 Å². The Labute approximate surface area is 141 Å². The third-order valence-electron chi connectivity index (χ3n) is 3.91. The van der Waals surface area contributed by atoms with Crippen LogP contribution in [-0.4, -0.2) is 18.0 Å². The van der Waals surface area contributed by atoms with Crippen LogP contribution >= 0.6 is 11.3 Å². The highest BCUT2D eigenvalue weighted by molar-refractivity contribution is 7.09. The number of hydrogen-bond donors (Lipinski definition) is 1. The lowest BCUT2D eigenvalue weighted by Crippen LogP contribution is -2.39. The number of methoxy groups -OCH3 is 1. The Kier molecular flexibility index (Phi) is 5.42. The molecule has 1 aromatic heterocycles. The van der Waals surface area contributed by atoms with Gasteiger partial charge in [-0.1, -0.05) is 32.0 Å². The van der Waals surface area contributed by atoms with Gasteiger partial charge in [0, 0.05) is 10.9 Å². The Morgan fingerprint density at radius 3 is 2.65 bits per heavy atom. The maximum atomic E-state index is 12.7. The summed E-state index contributed by atoms with van der Waals surface area (Å²) in [5.74, 6) is 1.09. The van der Waals surface area contributed by atoms with Crippen molar-refractivity contribution in [3.8, 4) is 5.75 Å².